The van der Waals surface area contributed by atoms with E-state index in [-0.39, 0.29) is 0 Å². The van der Waals surface area contributed by atoms with Gasteiger partial charge in [-0.2, -0.15) is 0 Å². The molecule has 0 fully saturated rings. The van der Waals surface area contributed by atoms with Gasteiger partial charge in [-0.1, -0.05) is 26.0 Å². The van der Waals surface area contributed by atoms with E-state index in [4.69, 9.17) is 0 Å². The molecule has 0 amide bonds. The molecule has 1 N–H and O–H groups in total. The van der Waals surface area contributed by atoms with Crippen LogP contribution in [0.25, 0.3) is 11.0 Å². The number of nitrogens with zero attached hydrogens (tertiary/aromatic N) is 2. The van der Waals surface area contributed by atoms with Gasteiger partial charge < -0.3 is 9.88 Å². The second kappa shape index (κ2) is 4.66. The first-order chi connectivity index (χ1) is 7.72. The Bertz CT molecular complexity index is 459. The summed E-state index contributed by atoms with van der Waals surface area (Å²) >= 11 is 0. The maximum Gasteiger partial charge on any atom is 0.0958 e. The number of likely N-dealkylation sites (N-methyl/N-ethyl adjacent to an activating group) is 1. The molecule has 2 rings (SSSR count). The first-order valence-electron chi connectivity index (χ1n) is 5.79. The van der Waals surface area contributed by atoms with Crippen LogP contribution in [-0.2, 0) is 6.54 Å². The standard InChI is InChI=1S/C13H19N3/c1-10(2)12(14-3)8-16-9-15-11-6-4-5-7-13(11)16/h4-7,9-10,12,14H,8H2,1-3H3. The van der Waals surface area contributed by atoms with Crippen LogP contribution < -0.4 is 5.32 Å². The van der Waals surface area contributed by atoms with Crippen LogP contribution in [0.1, 0.15) is 13.8 Å². The summed E-state index contributed by atoms with van der Waals surface area (Å²) in [7, 11) is 2.02. The van der Waals surface area contributed by atoms with E-state index in [1.165, 1.54) is 5.52 Å². The molecule has 3 heteroatoms. The van der Waals surface area contributed by atoms with E-state index in [0.29, 0.717) is 12.0 Å². The maximum absolute atomic E-state index is 4.40. The fourth-order valence-corrected chi connectivity index (χ4v) is 2.00. The Kier molecular flexibility index (Phi) is 3.25. The smallest absolute Gasteiger partial charge is 0.0958 e. The minimum atomic E-state index is 0.484. The van der Waals surface area contributed by atoms with E-state index >= 15 is 0 Å². The van der Waals surface area contributed by atoms with Crippen molar-refractivity contribution in [3.63, 3.8) is 0 Å². The molecule has 0 saturated carbocycles. The van der Waals surface area contributed by atoms with Crippen molar-refractivity contribution in [2.45, 2.75) is 26.4 Å². The molecular formula is C13H19N3. The molecule has 0 saturated heterocycles. The normalized spacial score (nSPS) is 13.5. The topological polar surface area (TPSA) is 29.9 Å². The second-order valence-corrected chi connectivity index (χ2v) is 4.52. The summed E-state index contributed by atoms with van der Waals surface area (Å²) in [5, 5.41) is 3.36. The van der Waals surface area contributed by atoms with Gasteiger partial charge in [0.1, 0.15) is 0 Å². The van der Waals surface area contributed by atoms with Gasteiger partial charge in [-0.05, 0) is 25.1 Å². The van der Waals surface area contributed by atoms with Crippen LogP contribution >= 0.6 is 0 Å². The number of hydrogen-bond donors (Lipinski definition) is 1. The van der Waals surface area contributed by atoms with Crippen LogP contribution in [0.4, 0.5) is 0 Å². The Morgan fingerprint density at radius 2 is 2.06 bits per heavy atom. The third kappa shape index (κ3) is 2.09. The first kappa shape index (κ1) is 11.1. The average molecular weight is 217 g/mol. The second-order valence-electron chi connectivity index (χ2n) is 4.52. The number of nitrogens with one attached hydrogen (secondary N) is 1. The Morgan fingerprint density at radius 1 is 1.31 bits per heavy atom. The summed E-state index contributed by atoms with van der Waals surface area (Å²) < 4.78 is 2.22. The van der Waals surface area contributed by atoms with E-state index in [9.17, 15) is 0 Å². The highest BCUT2D eigenvalue weighted by Crippen LogP contribution is 2.14. The fourth-order valence-electron chi connectivity index (χ4n) is 2.00. The Labute approximate surface area is 96.5 Å². The van der Waals surface area contributed by atoms with Gasteiger partial charge in [0.05, 0.1) is 17.4 Å². The van der Waals surface area contributed by atoms with Crippen LogP contribution in [0.5, 0.6) is 0 Å². The van der Waals surface area contributed by atoms with Crippen LogP contribution in [0.15, 0.2) is 30.6 Å². The quantitative estimate of drug-likeness (QED) is 0.851. The molecule has 0 spiro atoms. The van der Waals surface area contributed by atoms with Gasteiger partial charge >= 0.3 is 0 Å². The predicted octanol–water partition coefficient (Wildman–Crippen LogP) is 2.28. The summed E-state index contributed by atoms with van der Waals surface area (Å²) in [6.45, 7) is 5.44. The minimum absolute atomic E-state index is 0.484. The third-order valence-electron chi connectivity index (χ3n) is 3.10. The Morgan fingerprint density at radius 3 is 2.75 bits per heavy atom. The molecule has 1 aromatic carbocycles. The van der Waals surface area contributed by atoms with Crippen LogP contribution in [0, 0.1) is 5.92 Å². The monoisotopic (exact) mass is 217 g/mol. The lowest BCUT2D eigenvalue weighted by molar-refractivity contribution is 0.381. The number of aromatic nitrogens is 2. The molecule has 0 aliphatic heterocycles. The van der Waals surface area contributed by atoms with Crippen LogP contribution in [-0.4, -0.2) is 22.6 Å². The Hall–Kier alpha value is -1.35. The summed E-state index contributed by atoms with van der Waals surface area (Å²) in [4.78, 5) is 4.40. The van der Waals surface area contributed by atoms with Gasteiger partial charge in [-0.3, -0.25) is 0 Å². The lowest BCUT2D eigenvalue weighted by Crippen LogP contribution is -2.34. The zero-order chi connectivity index (χ0) is 11.5. The van der Waals surface area contributed by atoms with Crippen molar-refractivity contribution in [1.29, 1.82) is 0 Å². The largest absolute Gasteiger partial charge is 0.329 e. The molecule has 1 heterocycles. The van der Waals surface area contributed by atoms with Crippen LogP contribution in [0.2, 0.25) is 0 Å². The summed E-state index contributed by atoms with van der Waals surface area (Å²) in [6, 6.07) is 8.74. The molecule has 1 unspecified atom stereocenters. The molecule has 1 atom stereocenters. The van der Waals surface area contributed by atoms with Gasteiger partial charge in [0.25, 0.3) is 0 Å². The van der Waals surface area contributed by atoms with Gasteiger partial charge in [0.2, 0.25) is 0 Å². The number of para-hydroxylation sites is 2. The molecule has 0 aliphatic rings. The molecule has 16 heavy (non-hydrogen) atoms. The van der Waals surface area contributed by atoms with Crippen molar-refractivity contribution in [3.8, 4) is 0 Å². The molecular weight excluding hydrogens is 198 g/mol. The summed E-state index contributed by atoms with van der Waals surface area (Å²) in [6.07, 6.45) is 1.93. The zero-order valence-corrected chi connectivity index (χ0v) is 10.1. The highest BCUT2D eigenvalue weighted by Gasteiger charge is 2.12. The maximum atomic E-state index is 4.40. The molecule has 0 bridgehead atoms. The van der Waals surface area contributed by atoms with Gasteiger partial charge in [0, 0.05) is 12.6 Å². The van der Waals surface area contributed by atoms with Crippen molar-refractivity contribution >= 4 is 11.0 Å². The number of rotatable bonds is 4. The average Bonchev–Trinajstić information content (AvgIpc) is 2.69. The summed E-state index contributed by atoms with van der Waals surface area (Å²) in [5.41, 5.74) is 2.28. The van der Waals surface area contributed by atoms with E-state index in [1.54, 1.807) is 0 Å². The lowest BCUT2D eigenvalue weighted by Gasteiger charge is -2.20. The van der Waals surface area contributed by atoms with E-state index in [1.807, 2.05) is 19.4 Å². The van der Waals surface area contributed by atoms with Crippen molar-refractivity contribution in [1.82, 2.24) is 14.9 Å². The van der Waals surface area contributed by atoms with Gasteiger partial charge in [-0.25, -0.2) is 4.98 Å². The third-order valence-corrected chi connectivity index (χ3v) is 3.10. The molecule has 86 valence electrons. The molecule has 2 aromatic rings. The minimum Gasteiger partial charge on any atom is -0.329 e. The van der Waals surface area contributed by atoms with Gasteiger partial charge in [0.15, 0.2) is 0 Å². The van der Waals surface area contributed by atoms with Crippen molar-refractivity contribution in [3.05, 3.63) is 30.6 Å². The predicted molar refractivity (Wildman–Crippen MR) is 67.4 cm³/mol. The molecule has 1 aromatic heterocycles. The van der Waals surface area contributed by atoms with Crippen molar-refractivity contribution in [2.24, 2.45) is 5.92 Å². The van der Waals surface area contributed by atoms with E-state index in [0.717, 1.165) is 12.1 Å². The van der Waals surface area contributed by atoms with E-state index < -0.39 is 0 Å². The van der Waals surface area contributed by atoms with Crippen molar-refractivity contribution in [2.75, 3.05) is 7.05 Å². The van der Waals surface area contributed by atoms with Crippen LogP contribution in [0.3, 0.4) is 0 Å². The fraction of sp³-hybridized carbons (Fsp3) is 0.462. The highest BCUT2D eigenvalue weighted by molar-refractivity contribution is 5.74. The number of imidazole rings is 1. The number of hydrogen-bond acceptors (Lipinski definition) is 2. The lowest BCUT2D eigenvalue weighted by atomic mass is 10.0. The van der Waals surface area contributed by atoms with Crippen molar-refractivity contribution < 1.29 is 0 Å². The van der Waals surface area contributed by atoms with E-state index in [2.05, 4.69) is 46.9 Å². The zero-order valence-electron chi connectivity index (χ0n) is 10.1. The molecule has 3 nitrogen and oxygen atoms in total. The highest BCUT2D eigenvalue weighted by atomic mass is 15.1. The molecule has 0 radical (unpaired) electrons. The molecule has 0 aliphatic carbocycles. The Balaban J connectivity index is 2.27. The number of fused-ring (bicyclic) bond motifs is 1. The number of benzene rings is 1. The van der Waals surface area contributed by atoms with Gasteiger partial charge in [-0.15, -0.1) is 0 Å². The SMILES string of the molecule is CNC(Cn1cnc2ccccc21)C(C)C. The summed E-state index contributed by atoms with van der Waals surface area (Å²) in [5.74, 6) is 0.617. The first-order valence-corrected chi connectivity index (χ1v) is 5.79.